The third-order valence-electron chi connectivity index (χ3n) is 5.58. The largest absolute Gasteiger partial charge is 0.390 e. The van der Waals surface area contributed by atoms with E-state index in [9.17, 15) is 5.11 Å². The Morgan fingerprint density at radius 2 is 1.85 bits per heavy atom. The Morgan fingerprint density at radius 1 is 1.11 bits per heavy atom. The monoisotopic (exact) mass is 427 g/mol. The van der Waals surface area contributed by atoms with Crippen molar-refractivity contribution in [3.8, 4) is 11.3 Å². The summed E-state index contributed by atoms with van der Waals surface area (Å²) in [6, 6.07) is 3.31. The molecule has 0 aliphatic carbocycles. The van der Waals surface area contributed by atoms with Crippen molar-refractivity contribution in [1.82, 2.24) is 9.97 Å². The summed E-state index contributed by atoms with van der Waals surface area (Å²) in [5.41, 5.74) is 1.85. The molecule has 4 rings (SSSR count). The number of aliphatic hydroxyl groups is 1. The van der Waals surface area contributed by atoms with Gasteiger partial charge in [-0.25, -0.2) is 9.97 Å². The molecule has 1 aromatic carbocycles. The second-order valence-electron chi connectivity index (χ2n) is 7.19. The Balaban J connectivity index is 1.62. The van der Waals surface area contributed by atoms with E-state index < -0.39 is 0 Å². The lowest BCUT2D eigenvalue weighted by molar-refractivity contribution is 0.133. The van der Waals surface area contributed by atoms with Crippen molar-refractivity contribution in [3.63, 3.8) is 0 Å². The van der Waals surface area contributed by atoms with Crippen LogP contribution >= 0.6 is 34.8 Å². The van der Waals surface area contributed by atoms with Crippen LogP contribution in [0.15, 0.2) is 18.3 Å². The molecule has 2 aliphatic heterocycles. The summed E-state index contributed by atoms with van der Waals surface area (Å²) in [5, 5.41) is 11.0. The van der Waals surface area contributed by atoms with E-state index in [1.54, 1.807) is 18.3 Å². The molecule has 0 saturated carbocycles. The summed E-state index contributed by atoms with van der Waals surface area (Å²) in [4.78, 5) is 11.4. The number of rotatable bonds is 3. The van der Waals surface area contributed by atoms with Gasteiger partial charge in [0.1, 0.15) is 5.69 Å². The average Bonchev–Trinajstić information content (AvgIpc) is 3.14. The van der Waals surface area contributed by atoms with Gasteiger partial charge in [0.05, 0.1) is 40.2 Å². The topological polar surface area (TPSA) is 58.5 Å². The summed E-state index contributed by atoms with van der Waals surface area (Å²) < 4.78 is 5.60. The first kappa shape index (κ1) is 19.2. The predicted molar refractivity (Wildman–Crippen MR) is 108 cm³/mol. The van der Waals surface area contributed by atoms with E-state index in [-0.39, 0.29) is 6.61 Å². The molecule has 144 valence electrons. The number of ether oxygens (including phenoxy) is 1. The minimum Gasteiger partial charge on any atom is -0.390 e. The summed E-state index contributed by atoms with van der Waals surface area (Å²) in [5.74, 6) is 0.712. The second-order valence-corrected chi connectivity index (χ2v) is 8.38. The van der Waals surface area contributed by atoms with Gasteiger partial charge < -0.3 is 14.7 Å². The highest BCUT2D eigenvalue weighted by atomic mass is 35.5. The number of hydrogen-bond acceptors (Lipinski definition) is 5. The maximum absolute atomic E-state index is 9.88. The molecule has 0 atom stereocenters. The lowest BCUT2D eigenvalue weighted by atomic mass is 9.78. The summed E-state index contributed by atoms with van der Waals surface area (Å²) in [7, 11) is 0. The van der Waals surface area contributed by atoms with E-state index in [1.807, 2.05) is 0 Å². The maximum atomic E-state index is 9.88. The molecule has 0 unspecified atom stereocenters. The van der Waals surface area contributed by atoms with Crippen LogP contribution in [0.1, 0.15) is 25.0 Å². The average molecular weight is 429 g/mol. The van der Waals surface area contributed by atoms with Gasteiger partial charge in [0.2, 0.25) is 0 Å². The van der Waals surface area contributed by atoms with E-state index in [2.05, 4.69) is 14.9 Å². The lowest BCUT2D eigenvalue weighted by Gasteiger charge is -2.39. The third-order valence-corrected chi connectivity index (χ3v) is 6.70. The zero-order valence-corrected chi connectivity index (χ0v) is 17.0. The van der Waals surface area contributed by atoms with Crippen molar-refractivity contribution in [2.45, 2.75) is 25.9 Å². The van der Waals surface area contributed by atoms with Crippen LogP contribution in [-0.2, 0) is 11.3 Å². The fourth-order valence-electron chi connectivity index (χ4n) is 3.91. The number of anilines is 1. The first-order chi connectivity index (χ1) is 13.0. The van der Waals surface area contributed by atoms with Crippen molar-refractivity contribution in [1.29, 1.82) is 0 Å². The van der Waals surface area contributed by atoms with Gasteiger partial charge >= 0.3 is 0 Å². The van der Waals surface area contributed by atoms with Crippen molar-refractivity contribution in [2.24, 2.45) is 5.41 Å². The molecule has 0 radical (unpaired) electrons. The highest BCUT2D eigenvalue weighted by molar-refractivity contribution is 6.46. The SMILES string of the molecule is OCc1nc(-c2c(Cl)ccc(Cl)c2Cl)cnc1N1CCC2(CCOC2)CC1. The third kappa shape index (κ3) is 3.64. The number of piperidine rings is 1. The van der Waals surface area contributed by atoms with Gasteiger partial charge in [0.15, 0.2) is 5.82 Å². The van der Waals surface area contributed by atoms with Crippen LogP contribution in [0.2, 0.25) is 15.1 Å². The molecule has 2 aromatic rings. The zero-order chi connectivity index (χ0) is 19.0. The van der Waals surface area contributed by atoms with Crippen LogP contribution in [-0.4, -0.2) is 41.4 Å². The Bertz CT molecular complexity index is 846. The van der Waals surface area contributed by atoms with Crippen molar-refractivity contribution < 1.29 is 9.84 Å². The second kappa shape index (κ2) is 7.72. The Hall–Kier alpha value is -1.11. The van der Waals surface area contributed by atoms with Crippen LogP contribution in [0.3, 0.4) is 0 Å². The van der Waals surface area contributed by atoms with Crippen LogP contribution in [0.25, 0.3) is 11.3 Å². The molecular weight excluding hydrogens is 409 g/mol. The summed E-state index contributed by atoms with van der Waals surface area (Å²) in [6.45, 7) is 3.25. The minimum atomic E-state index is -0.212. The minimum absolute atomic E-state index is 0.212. The van der Waals surface area contributed by atoms with E-state index in [0.717, 1.165) is 45.6 Å². The number of benzene rings is 1. The molecule has 1 N–H and O–H groups in total. The Labute approximate surface area is 173 Å². The molecule has 2 fully saturated rings. The van der Waals surface area contributed by atoms with Crippen LogP contribution in [0.5, 0.6) is 0 Å². The van der Waals surface area contributed by atoms with E-state index in [4.69, 9.17) is 39.5 Å². The molecule has 1 aromatic heterocycles. The summed E-state index contributed by atoms with van der Waals surface area (Å²) in [6.07, 6.45) is 4.89. The highest BCUT2D eigenvalue weighted by Crippen LogP contribution is 2.41. The number of hydrogen-bond donors (Lipinski definition) is 1. The summed E-state index contributed by atoms with van der Waals surface area (Å²) >= 11 is 18.7. The van der Waals surface area contributed by atoms with Gasteiger partial charge in [-0.1, -0.05) is 34.8 Å². The van der Waals surface area contributed by atoms with Crippen LogP contribution in [0.4, 0.5) is 5.82 Å². The normalized spacial score (nSPS) is 19.0. The van der Waals surface area contributed by atoms with Crippen molar-refractivity contribution >= 4 is 40.6 Å². The number of aromatic nitrogens is 2. The van der Waals surface area contributed by atoms with Gasteiger partial charge in [0, 0.05) is 25.3 Å². The molecule has 2 saturated heterocycles. The first-order valence-corrected chi connectivity index (χ1v) is 10.1. The van der Waals surface area contributed by atoms with Gasteiger partial charge in [-0.3, -0.25) is 0 Å². The van der Waals surface area contributed by atoms with Crippen LogP contribution < -0.4 is 4.90 Å². The van der Waals surface area contributed by atoms with Crippen molar-refractivity contribution in [3.05, 3.63) is 39.1 Å². The fraction of sp³-hybridized carbons (Fsp3) is 0.474. The smallest absolute Gasteiger partial charge is 0.152 e. The number of nitrogens with zero attached hydrogens (tertiary/aromatic N) is 3. The van der Waals surface area contributed by atoms with Gasteiger partial charge in [-0.15, -0.1) is 0 Å². The lowest BCUT2D eigenvalue weighted by Crippen LogP contribution is -2.41. The van der Waals surface area contributed by atoms with E-state index in [1.165, 1.54) is 0 Å². The number of aliphatic hydroxyl groups excluding tert-OH is 1. The molecule has 0 bridgehead atoms. The first-order valence-electron chi connectivity index (χ1n) is 8.96. The Morgan fingerprint density at radius 3 is 2.52 bits per heavy atom. The maximum Gasteiger partial charge on any atom is 0.152 e. The van der Waals surface area contributed by atoms with E-state index >= 15 is 0 Å². The molecule has 5 nitrogen and oxygen atoms in total. The predicted octanol–water partition coefficient (Wildman–Crippen LogP) is 4.60. The van der Waals surface area contributed by atoms with Gasteiger partial charge in [0.25, 0.3) is 0 Å². The standard InChI is InChI=1S/C19H20Cl3N3O2/c20-12-1-2-13(21)17(22)16(12)14-9-23-18(15(10-26)24-14)25-6-3-19(4-7-25)5-8-27-11-19/h1-2,9,26H,3-8,10-11H2. The van der Waals surface area contributed by atoms with E-state index in [0.29, 0.717) is 43.3 Å². The van der Waals surface area contributed by atoms with Crippen molar-refractivity contribution in [2.75, 3.05) is 31.2 Å². The molecule has 3 heterocycles. The fourth-order valence-corrected chi connectivity index (χ4v) is 4.63. The van der Waals surface area contributed by atoms with Gasteiger partial charge in [-0.05, 0) is 36.8 Å². The molecule has 2 aliphatic rings. The molecular formula is C19H20Cl3N3O2. The zero-order valence-electron chi connectivity index (χ0n) is 14.7. The number of halogens is 3. The molecule has 8 heteroatoms. The Kier molecular flexibility index (Phi) is 5.50. The molecule has 0 amide bonds. The highest BCUT2D eigenvalue weighted by Gasteiger charge is 2.38. The molecule has 27 heavy (non-hydrogen) atoms. The van der Waals surface area contributed by atoms with Gasteiger partial charge in [-0.2, -0.15) is 0 Å². The quantitative estimate of drug-likeness (QED) is 0.724. The van der Waals surface area contributed by atoms with Crippen LogP contribution in [0, 0.1) is 5.41 Å². The molecule has 1 spiro atoms.